The average molecular weight is 215 g/mol. The van der Waals surface area contributed by atoms with Crippen LogP contribution in [0.1, 0.15) is 18.6 Å². The van der Waals surface area contributed by atoms with Crippen molar-refractivity contribution in [1.29, 1.82) is 0 Å². The van der Waals surface area contributed by atoms with E-state index in [9.17, 15) is 0 Å². The SMILES string of the molecule is COC(OC)C(C)NCc1noc(C)n1. The summed E-state index contributed by atoms with van der Waals surface area (Å²) in [5.41, 5.74) is 0. The molecule has 0 saturated heterocycles. The summed E-state index contributed by atoms with van der Waals surface area (Å²) < 4.78 is 15.1. The molecule has 0 aliphatic heterocycles. The Hall–Kier alpha value is -0.980. The van der Waals surface area contributed by atoms with Gasteiger partial charge < -0.3 is 19.3 Å². The largest absolute Gasteiger partial charge is 0.354 e. The number of hydrogen-bond donors (Lipinski definition) is 1. The Morgan fingerprint density at radius 1 is 1.40 bits per heavy atom. The normalized spacial score (nSPS) is 13.4. The molecule has 1 aromatic rings. The molecule has 0 amide bonds. The van der Waals surface area contributed by atoms with Gasteiger partial charge in [-0.25, -0.2) is 0 Å². The van der Waals surface area contributed by atoms with Crippen molar-refractivity contribution < 1.29 is 14.0 Å². The van der Waals surface area contributed by atoms with Crippen LogP contribution in [0.15, 0.2) is 4.52 Å². The fourth-order valence-electron chi connectivity index (χ4n) is 1.27. The van der Waals surface area contributed by atoms with Gasteiger partial charge in [-0.2, -0.15) is 4.98 Å². The van der Waals surface area contributed by atoms with Gasteiger partial charge in [0.25, 0.3) is 0 Å². The van der Waals surface area contributed by atoms with Crippen molar-refractivity contribution in [3.63, 3.8) is 0 Å². The molecule has 0 aliphatic carbocycles. The van der Waals surface area contributed by atoms with Gasteiger partial charge in [-0.1, -0.05) is 5.16 Å². The maximum absolute atomic E-state index is 5.11. The lowest BCUT2D eigenvalue weighted by atomic mass is 10.3. The Balaban J connectivity index is 2.36. The van der Waals surface area contributed by atoms with Crippen LogP contribution < -0.4 is 5.32 Å². The number of methoxy groups -OCH3 is 2. The van der Waals surface area contributed by atoms with Gasteiger partial charge in [0.15, 0.2) is 12.1 Å². The molecule has 6 heteroatoms. The Kier molecular flexibility index (Phi) is 4.67. The molecule has 0 radical (unpaired) electrons. The number of hydrogen-bond acceptors (Lipinski definition) is 6. The third-order valence-electron chi connectivity index (χ3n) is 2.02. The van der Waals surface area contributed by atoms with E-state index in [0.29, 0.717) is 18.3 Å². The molecular weight excluding hydrogens is 198 g/mol. The zero-order valence-electron chi connectivity index (χ0n) is 9.48. The summed E-state index contributed by atoms with van der Waals surface area (Å²) in [5, 5.41) is 6.95. The molecule has 1 rings (SSSR count). The summed E-state index contributed by atoms with van der Waals surface area (Å²) in [6.45, 7) is 4.25. The Morgan fingerprint density at radius 2 is 2.07 bits per heavy atom. The molecular formula is C9H17N3O3. The first-order valence-corrected chi connectivity index (χ1v) is 4.75. The Labute approximate surface area is 88.9 Å². The lowest BCUT2D eigenvalue weighted by molar-refractivity contribution is -0.119. The van der Waals surface area contributed by atoms with E-state index >= 15 is 0 Å². The molecule has 6 nitrogen and oxygen atoms in total. The predicted molar refractivity (Wildman–Crippen MR) is 53.1 cm³/mol. The second-order valence-corrected chi connectivity index (χ2v) is 3.24. The van der Waals surface area contributed by atoms with E-state index < -0.39 is 0 Å². The van der Waals surface area contributed by atoms with Gasteiger partial charge in [-0.3, -0.25) is 0 Å². The van der Waals surface area contributed by atoms with E-state index in [0.717, 1.165) is 0 Å². The fraction of sp³-hybridized carbons (Fsp3) is 0.778. The topological polar surface area (TPSA) is 69.4 Å². The minimum absolute atomic E-state index is 0.0545. The van der Waals surface area contributed by atoms with Gasteiger partial charge in [-0.15, -0.1) is 0 Å². The standard InChI is InChI=1S/C9H17N3O3/c1-6(9(13-3)14-4)10-5-8-11-7(2)15-12-8/h6,9-10H,5H2,1-4H3. The summed E-state index contributed by atoms with van der Waals surface area (Å²) in [6, 6.07) is 0.0545. The van der Waals surface area contributed by atoms with Crippen LogP contribution in [0.2, 0.25) is 0 Å². The van der Waals surface area contributed by atoms with Crippen LogP contribution in [0.3, 0.4) is 0 Å². The molecule has 1 aromatic heterocycles. The lowest BCUT2D eigenvalue weighted by Gasteiger charge is -2.21. The second-order valence-electron chi connectivity index (χ2n) is 3.24. The number of ether oxygens (including phenoxy) is 2. The first-order valence-electron chi connectivity index (χ1n) is 4.75. The van der Waals surface area contributed by atoms with E-state index in [1.165, 1.54) is 0 Å². The van der Waals surface area contributed by atoms with Crippen LogP contribution in [0.25, 0.3) is 0 Å². The molecule has 1 atom stereocenters. The monoisotopic (exact) mass is 215 g/mol. The lowest BCUT2D eigenvalue weighted by Crippen LogP contribution is -2.39. The van der Waals surface area contributed by atoms with Crippen LogP contribution in [0, 0.1) is 6.92 Å². The number of aromatic nitrogens is 2. The molecule has 86 valence electrons. The molecule has 0 saturated carbocycles. The van der Waals surface area contributed by atoms with Gasteiger partial charge in [-0.05, 0) is 6.92 Å². The number of nitrogens with zero attached hydrogens (tertiary/aromatic N) is 2. The highest BCUT2D eigenvalue weighted by atomic mass is 16.7. The van der Waals surface area contributed by atoms with Gasteiger partial charge in [0.05, 0.1) is 12.6 Å². The Bertz CT molecular complexity index is 286. The highest BCUT2D eigenvalue weighted by Crippen LogP contribution is 2.00. The van der Waals surface area contributed by atoms with E-state index in [1.807, 2.05) is 6.92 Å². The number of rotatable bonds is 6. The summed E-state index contributed by atoms with van der Waals surface area (Å²) in [6.07, 6.45) is -0.280. The fourth-order valence-corrected chi connectivity index (χ4v) is 1.27. The highest BCUT2D eigenvalue weighted by Gasteiger charge is 2.15. The predicted octanol–water partition coefficient (Wildman–Crippen LogP) is 0.475. The van der Waals surface area contributed by atoms with E-state index in [2.05, 4.69) is 15.5 Å². The van der Waals surface area contributed by atoms with Gasteiger partial charge in [0, 0.05) is 21.1 Å². The molecule has 0 aliphatic rings. The Morgan fingerprint density at radius 3 is 2.53 bits per heavy atom. The van der Waals surface area contributed by atoms with Crippen LogP contribution in [-0.2, 0) is 16.0 Å². The molecule has 1 unspecified atom stereocenters. The number of aryl methyl sites for hydroxylation is 1. The minimum atomic E-state index is -0.280. The average Bonchev–Trinajstić information content (AvgIpc) is 2.63. The van der Waals surface area contributed by atoms with Gasteiger partial charge in [0.2, 0.25) is 5.89 Å². The third kappa shape index (κ3) is 3.58. The molecule has 0 bridgehead atoms. The van der Waals surface area contributed by atoms with Crippen molar-refractivity contribution in [2.24, 2.45) is 0 Å². The molecule has 0 fully saturated rings. The molecule has 0 spiro atoms. The quantitative estimate of drug-likeness (QED) is 0.696. The van der Waals surface area contributed by atoms with Crippen molar-refractivity contribution in [3.8, 4) is 0 Å². The van der Waals surface area contributed by atoms with Gasteiger partial charge in [0.1, 0.15) is 0 Å². The summed E-state index contributed by atoms with van der Waals surface area (Å²) in [5.74, 6) is 1.19. The highest BCUT2D eigenvalue weighted by molar-refractivity contribution is 4.83. The van der Waals surface area contributed by atoms with Crippen molar-refractivity contribution in [2.75, 3.05) is 14.2 Å². The van der Waals surface area contributed by atoms with Crippen LogP contribution in [0.4, 0.5) is 0 Å². The van der Waals surface area contributed by atoms with E-state index in [4.69, 9.17) is 14.0 Å². The van der Waals surface area contributed by atoms with E-state index in [-0.39, 0.29) is 12.3 Å². The summed E-state index contributed by atoms with van der Waals surface area (Å²) in [7, 11) is 3.20. The van der Waals surface area contributed by atoms with Crippen LogP contribution in [0.5, 0.6) is 0 Å². The van der Waals surface area contributed by atoms with E-state index in [1.54, 1.807) is 21.1 Å². The van der Waals surface area contributed by atoms with Crippen molar-refractivity contribution in [3.05, 3.63) is 11.7 Å². The molecule has 15 heavy (non-hydrogen) atoms. The minimum Gasteiger partial charge on any atom is -0.354 e. The first-order chi connectivity index (χ1) is 7.17. The molecule has 0 aromatic carbocycles. The molecule has 1 heterocycles. The third-order valence-corrected chi connectivity index (χ3v) is 2.02. The zero-order chi connectivity index (χ0) is 11.3. The summed E-state index contributed by atoms with van der Waals surface area (Å²) in [4.78, 5) is 4.07. The van der Waals surface area contributed by atoms with Crippen molar-refractivity contribution >= 4 is 0 Å². The maximum Gasteiger partial charge on any atom is 0.223 e. The van der Waals surface area contributed by atoms with Gasteiger partial charge >= 0.3 is 0 Å². The zero-order valence-corrected chi connectivity index (χ0v) is 9.48. The van der Waals surface area contributed by atoms with Crippen molar-refractivity contribution in [1.82, 2.24) is 15.5 Å². The first kappa shape index (κ1) is 12.1. The smallest absolute Gasteiger partial charge is 0.223 e. The van der Waals surface area contributed by atoms with Crippen molar-refractivity contribution in [2.45, 2.75) is 32.7 Å². The number of nitrogens with one attached hydrogen (secondary N) is 1. The summed E-state index contributed by atoms with van der Waals surface area (Å²) >= 11 is 0. The molecule has 1 N–H and O–H groups in total. The van der Waals surface area contributed by atoms with Crippen LogP contribution >= 0.6 is 0 Å². The maximum atomic E-state index is 5.11. The van der Waals surface area contributed by atoms with Crippen LogP contribution in [-0.4, -0.2) is 36.7 Å². The second kappa shape index (κ2) is 5.79.